The van der Waals surface area contributed by atoms with Crippen molar-refractivity contribution >= 4 is 0 Å². The van der Waals surface area contributed by atoms with Crippen LogP contribution in [0, 0.1) is 6.92 Å². The van der Waals surface area contributed by atoms with Gasteiger partial charge in [-0.25, -0.2) is 0 Å². The van der Waals surface area contributed by atoms with Gasteiger partial charge in [0.15, 0.2) is 0 Å². The fraction of sp³-hybridized carbons (Fsp3) is 0.200. The van der Waals surface area contributed by atoms with E-state index in [0.717, 1.165) is 28.9 Å². The predicted molar refractivity (Wildman–Crippen MR) is 77.8 cm³/mol. The van der Waals surface area contributed by atoms with Gasteiger partial charge in [0.2, 0.25) is 5.82 Å². The van der Waals surface area contributed by atoms with Crippen LogP contribution in [0.5, 0.6) is 5.75 Å². The molecule has 0 atom stereocenters. The molecule has 0 fully saturated rings. The maximum absolute atomic E-state index is 5.82. The molecule has 6 heteroatoms. The summed E-state index contributed by atoms with van der Waals surface area (Å²) in [5.74, 6) is 1.37. The second kappa shape index (κ2) is 6.13. The number of benzene rings is 1. The first kappa shape index (κ1) is 13.2. The number of tetrazole rings is 1. The number of aryl methyl sites for hydroxylation is 1. The van der Waals surface area contributed by atoms with Gasteiger partial charge in [0.1, 0.15) is 5.75 Å². The van der Waals surface area contributed by atoms with E-state index in [2.05, 4.69) is 25.6 Å². The highest BCUT2D eigenvalue weighted by molar-refractivity contribution is 5.58. The molecule has 0 aliphatic heterocycles. The van der Waals surface area contributed by atoms with Crippen LogP contribution < -0.4 is 4.74 Å². The first-order chi connectivity index (χ1) is 10.3. The summed E-state index contributed by atoms with van der Waals surface area (Å²) in [6.45, 7) is 2.61. The molecule has 0 spiro atoms. The summed E-state index contributed by atoms with van der Waals surface area (Å²) in [7, 11) is 0. The quantitative estimate of drug-likeness (QED) is 0.775. The first-order valence-electron chi connectivity index (χ1n) is 6.68. The van der Waals surface area contributed by atoms with E-state index in [-0.39, 0.29) is 0 Å². The molecule has 3 aromatic rings. The monoisotopic (exact) mass is 281 g/mol. The minimum atomic E-state index is 0.566. The number of rotatable bonds is 5. The van der Waals surface area contributed by atoms with Gasteiger partial charge in [0.05, 0.1) is 6.61 Å². The van der Waals surface area contributed by atoms with Gasteiger partial charge in [-0.05, 0) is 47.5 Å². The Bertz CT molecular complexity index is 697. The third-order valence-corrected chi connectivity index (χ3v) is 3.04. The SMILES string of the molecule is Cc1cc(OCCc2cccnc2)cc(-c2nn[nH]n2)c1. The Labute approximate surface area is 122 Å². The van der Waals surface area contributed by atoms with Gasteiger partial charge >= 0.3 is 0 Å². The molecule has 0 saturated heterocycles. The number of aromatic amines is 1. The standard InChI is InChI=1S/C15H15N5O/c1-11-7-13(15-17-19-20-18-15)9-14(8-11)21-6-4-12-3-2-5-16-10-12/h2-3,5,7-10H,4,6H2,1H3,(H,17,18,19,20). The Morgan fingerprint density at radius 1 is 1.24 bits per heavy atom. The van der Waals surface area contributed by atoms with E-state index in [1.54, 1.807) is 6.20 Å². The molecule has 0 amide bonds. The summed E-state index contributed by atoms with van der Waals surface area (Å²) < 4.78 is 5.82. The van der Waals surface area contributed by atoms with Crippen molar-refractivity contribution in [3.63, 3.8) is 0 Å². The zero-order valence-corrected chi connectivity index (χ0v) is 11.7. The number of H-pyrrole nitrogens is 1. The van der Waals surface area contributed by atoms with Crippen molar-refractivity contribution in [2.24, 2.45) is 0 Å². The topological polar surface area (TPSA) is 76.6 Å². The maximum atomic E-state index is 5.82. The van der Waals surface area contributed by atoms with Crippen LogP contribution in [0.3, 0.4) is 0 Å². The highest BCUT2D eigenvalue weighted by atomic mass is 16.5. The summed E-state index contributed by atoms with van der Waals surface area (Å²) in [6, 6.07) is 9.88. The van der Waals surface area contributed by atoms with Crippen LogP contribution in [0.15, 0.2) is 42.7 Å². The average Bonchev–Trinajstić information content (AvgIpc) is 3.02. The maximum Gasteiger partial charge on any atom is 0.204 e. The van der Waals surface area contributed by atoms with Crippen molar-refractivity contribution in [2.75, 3.05) is 6.61 Å². The van der Waals surface area contributed by atoms with Crippen molar-refractivity contribution in [1.29, 1.82) is 0 Å². The number of pyridine rings is 1. The van der Waals surface area contributed by atoms with Crippen molar-refractivity contribution in [2.45, 2.75) is 13.3 Å². The molecule has 0 radical (unpaired) electrons. The fourth-order valence-electron chi connectivity index (χ4n) is 2.08. The number of hydrogen-bond acceptors (Lipinski definition) is 5. The molecular weight excluding hydrogens is 266 g/mol. The van der Waals surface area contributed by atoms with E-state index in [1.807, 2.05) is 43.5 Å². The molecule has 1 aromatic carbocycles. The largest absolute Gasteiger partial charge is 0.493 e. The van der Waals surface area contributed by atoms with E-state index in [4.69, 9.17) is 4.74 Å². The summed E-state index contributed by atoms with van der Waals surface area (Å²) >= 11 is 0. The van der Waals surface area contributed by atoms with Crippen LogP contribution >= 0.6 is 0 Å². The Kier molecular flexibility index (Phi) is 3.86. The van der Waals surface area contributed by atoms with Gasteiger partial charge in [0.25, 0.3) is 0 Å². The van der Waals surface area contributed by atoms with E-state index in [1.165, 1.54) is 0 Å². The predicted octanol–water partition coefficient (Wildman–Crippen LogP) is 2.19. The fourth-order valence-corrected chi connectivity index (χ4v) is 2.08. The second-order valence-corrected chi connectivity index (χ2v) is 4.73. The van der Waals surface area contributed by atoms with Crippen LogP contribution in [0.1, 0.15) is 11.1 Å². The van der Waals surface area contributed by atoms with Crippen molar-refractivity contribution in [1.82, 2.24) is 25.6 Å². The van der Waals surface area contributed by atoms with Crippen LogP contribution in [-0.4, -0.2) is 32.2 Å². The molecular formula is C15H15N5O. The van der Waals surface area contributed by atoms with Gasteiger partial charge in [-0.2, -0.15) is 5.21 Å². The molecule has 3 rings (SSSR count). The lowest BCUT2D eigenvalue weighted by Crippen LogP contribution is -2.02. The second-order valence-electron chi connectivity index (χ2n) is 4.73. The van der Waals surface area contributed by atoms with Crippen LogP contribution in [0.2, 0.25) is 0 Å². The minimum Gasteiger partial charge on any atom is -0.493 e. The van der Waals surface area contributed by atoms with Crippen LogP contribution in [0.4, 0.5) is 0 Å². The molecule has 0 aliphatic carbocycles. The third kappa shape index (κ3) is 3.42. The van der Waals surface area contributed by atoms with Crippen LogP contribution in [0.25, 0.3) is 11.4 Å². The van der Waals surface area contributed by atoms with E-state index in [9.17, 15) is 0 Å². The summed E-state index contributed by atoms with van der Waals surface area (Å²) in [4.78, 5) is 4.09. The molecule has 0 saturated carbocycles. The zero-order valence-electron chi connectivity index (χ0n) is 11.7. The highest BCUT2D eigenvalue weighted by Crippen LogP contribution is 2.23. The average molecular weight is 281 g/mol. The minimum absolute atomic E-state index is 0.566. The van der Waals surface area contributed by atoms with Crippen LogP contribution in [-0.2, 0) is 6.42 Å². The normalized spacial score (nSPS) is 10.5. The summed E-state index contributed by atoms with van der Waals surface area (Å²) in [5, 5.41) is 14.0. The molecule has 2 heterocycles. The number of ether oxygens (including phenoxy) is 1. The molecule has 1 N–H and O–H groups in total. The van der Waals surface area contributed by atoms with Crippen molar-refractivity contribution in [3.8, 4) is 17.1 Å². The van der Waals surface area contributed by atoms with Gasteiger partial charge in [0, 0.05) is 24.4 Å². The smallest absolute Gasteiger partial charge is 0.204 e. The van der Waals surface area contributed by atoms with Crippen molar-refractivity contribution < 1.29 is 4.74 Å². The third-order valence-electron chi connectivity index (χ3n) is 3.04. The summed E-state index contributed by atoms with van der Waals surface area (Å²) in [5.41, 5.74) is 3.14. The van der Waals surface area contributed by atoms with Gasteiger partial charge < -0.3 is 4.74 Å². The molecule has 2 aromatic heterocycles. The zero-order chi connectivity index (χ0) is 14.5. The van der Waals surface area contributed by atoms with Crippen molar-refractivity contribution in [3.05, 3.63) is 53.9 Å². The number of hydrogen-bond donors (Lipinski definition) is 1. The molecule has 0 aliphatic rings. The Morgan fingerprint density at radius 3 is 2.95 bits per heavy atom. The van der Waals surface area contributed by atoms with E-state index in [0.29, 0.717) is 12.4 Å². The van der Waals surface area contributed by atoms with Gasteiger partial charge in [-0.15, -0.1) is 10.2 Å². The van der Waals surface area contributed by atoms with Gasteiger partial charge in [-0.3, -0.25) is 4.98 Å². The Balaban J connectivity index is 1.68. The Morgan fingerprint density at radius 2 is 2.19 bits per heavy atom. The van der Waals surface area contributed by atoms with E-state index < -0.39 is 0 Å². The lowest BCUT2D eigenvalue weighted by Gasteiger charge is -2.08. The lowest BCUT2D eigenvalue weighted by molar-refractivity contribution is 0.322. The highest BCUT2D eigenvalue weighted by Gasteiger charge is 2.06. The molecule has 21 heavy (non-hydrogen) atoms. The molecule has 0 unspecified atom stereocenters. The molecule has 0 bridgehead atoms. The molecule has 6 nitrogen and oxygen atoms in total. The lowest BCUT2D eigenvalue weighted by atomic mass is 10.1. The number of nitrogens with zero attached hydrogens (tertiary/aromatic N) is 4. The Hall–Kier alpha value is -2.76. The first-order valence-corrected chi connectivity index (χ1v) is 6.68. The number of nitrogens with one attached hydrogen (secondary N) is 1. The number of aromatic nitrogens is 5. The van der Waals surface area contributed by atoms with E-state index >= 15 is 0 Å². The molecule has 106 valence electrons. The summed E-state index contributed by atoms with van der Waals surface area (Å²) in [6.07, 6.45) is 4.44. The van der Waals surface area contributed by atoms with Gasteiger partial charge in [-0.1, -0.05) is 6.07 Å².